The number of benzene rings is 3. The predicted octanol–water partition coefficient (Wildman–Crippen LogP) is 6.23. The number of para-hydroxylation sites is 1. The van der Waals surface area contributed by atoms with E-state index in [0.717, 1.165) is 46.1 Å². The third kappa shape index (κ3) is 6.74. The number of nitrogens with zero attached hydrogens (tertiary/aromatic N) is 1. The van der Waals surface area contributed by atoms with Crippen molar-refractivity contribution in [2.24, 2.45) is 0 Å². The number of anilines is 1. The Morgan fingerprint density at radius 3 is 2.43 bits per heavy atom. The molecule has 6 nitrogen and oxygen atoms in total. The average Bonchev–Trinajstić information content (AvgIpc) is 2.92. The fourth-order valence-corrected chi connectivity index (χ4v) is 5.03. The van der Waals surface area contributed by atoms with E-state index in [1.54, 1.807) is 12.0 Å². The van der Waals surface area contributed by atoms with Crippen molar-refractivity contribution in [3.8, 4) is 11.5 Å². The Bertz CT molecular complexity index is 1260. The van der Waals surface area contributed by atoms with Gasteiger partial charge in [0.15, 0.2) is 0 Å². The summed E-state index contributed by atoms with van der Waals surface area (Å²) >= 11 is 1.41. The number of hydrogen-bond donors (Lipinski definition) is 1. The summed E-state index contributed by atoms with van der Waals surface area (Å²) in [5.74, 6) is 1.15. The molecular formula is C30H32N2O4S. The maximum Gasteiger partial charge on any atom is 0.265 e. The molecule has 0 saturated carbocycles. The van der Waals surface area contributed by atoms with E-state index in [2.05, 4.69) is 12.2 Å². The number of nitrogens with one attached hydrogen (secondary N) is 1. The predicted molar refractivity (Wildman–Crippen MR) is 149 cm³/mol. The molecule has 0 unspecified atom stereocenters. The Morgan fingerprint density at radius 2 is 1.73 bits per heavy atom. The van der Waals surface area contributed by atoms with Gasteiger partial charge in [-0.05, 0) is 66.9 Å². The minimum atomic E-state index is -0.227. The molecule has 0 fully saturated rings. The molecule has 4 rings (SSSR count). The van der Waals surface area contributed by atoms with E-state index in [4.69, 9.17) is 9.47 Å². The van der Waals surface area contributed by atoms with Gasteiger partial charge in [-0.3, -0.25) is 14.5 Å². The van der Waals surface area contributed by atoms with Crippen LogP contribution in [0.4, 0.5) is 5.69 Å². The molecule has 7 heteroatoms. The quantitative estimate of drug-likeness (QED) is 0.256. The standard InChI is InChI=1S/C30H32N2O4S/c1-4-5-18-36-25-16-12-23(13-17-25)21(2)31-29(33)20-32-26-8-6-7-9-27(26)37-28(30(32)34)19-22-10-14-24(35-3)15-11-22/h6-17,19,21H,4-5,18,20H2,1-3H3,(H,31,33)/b28-19-/t21-/m1/s1. The van der Waals surface area contributed by atoms with Gasteiger partial charge in [0.1, 0.15) is 18.0 Å². The van der Waals surface area contributed by atoms with Gasteiger partial charge in [0.2, 0.25) is 5.91 Å². The number of thioether (sulfide) groups is 1. The molecule has 0 spiro atoms. The van der Waals surface area contributed by atoms with Crippen LogP contribution in [0.1, 0.15) is 43.9 Å². The highest BCUT2D eigenvalue weighted by Crippen LogP contribution is 2.42. The minimum absolute atomic E-state index is 0.0705. The van der Waals surface area contributed by atoms with Gasteiger partial charge in [-0.25, -0.2) is 0 Å². The summed E-state index contributed by atoms with van der Waals surface area (Å²) in [6.45, 7) is 4.69. The smallest absolute Gasteiger partial charge is 0.265 e. The Morgan fingerprint density at radius 1 is 1.03 bits per heavy atom. The van der Waals surface area contributed by atoms with Gasteiger partial charge < -0.3 is 14.8 Å². The monoisotopic (exact) mass is 516 g/mol. The van der Waals surface area contributed by atoms with Crippen LogP contribution in [-0.4, -0.2) is 32.1 Å². The number of methoxy groups -OCH3 is 1. The van der Waals surface area contributed by atoms with Crippen LogP contribution in [0.3, 0.4) is 0 Å². The second-order valence-corrected chi connectivity index (χ2v) is 9.89. The number of fused-ring (bicyclic) bond motifs is 1. The van der Waals surface area contributed by atoms with E-state index < -0.39 is 0 Å². The van der Waals surface area contributed by atoms with Crippen LogP contribution in [-0.2, 0) is 9.59 Å². The van der Waals surface area contributed by atoms with E-state index in [1.807, 2.05) is 85.8 Å². The first-order valence-corrected chi connectivity index (χ1v) is 13.3. The Labute approximate surface area is 222 Å². The second-order valence-electron chi connectivity index (χ2n) is 8.80. The molecule has 0 radical (unpaired) electrons. The van der Waals surface area contributed by atoms with E-state index >= 15 is 0 Å². The van der Waals surface area contributed by atoms with Crippen LogP contribution in [0.2, 0.25) is 0 Å². The summed E-state index contributed by atoms with van der Waals surface area (Å²) in [7, 11) is 1.62. The lowest BCUT2D eigenvalue weighted by atomic mass is 10.1. The Hall–Kier alpha value is -3.71. The number of hydrogen-bond acceptors (Lipinski definition) is 5. The maximum atomic E-state index is 13.5. The topological polar surface area (TPSA) is 67.9 Å². The van der Waals surface area contributed by atoms with Crippen LogP contribution in [0, 0.1) is 0 Å². The summed E-state index contributed by atoms with van der Waals surface area (Å²) in [5, 5.41) is 3.03. The van der Waals surface area contributed by atoms with Crippen LogP contribution in [0.25, 0.3) is 6.08 Å². The molecule has 1 heterocycles. The van der Waals surface area contributed by atoms with Crippen molar-refractivity contribution >= 4 is 35.3 Å². The third-order valence-corrected chi connectivity index (χ3v) is 7.15. The van der Waals surface area contributed by atoms with Gasteiger partial charge in [-0.2, -0.15) is 0 Å². The highest BCUT2D eigenvalue weighted by molar-refractivity contribution is 8.04. The molecule has 3 aromatic carbocycles. The first-order chi connectivity index (χ1) is 18.0. The normalized spacial score (nSPS) is 14.7. The van der Waals surface area contributed by atoms with Crippen molar-refractivity contribution in [1.29, 1.82) is 0 Å². The molecule has 0 bridgehead atoms. The van der Waals surface area contributed by atoms with Crippen molar-refractivity contribution in [3.05, 3.63) is 88.8 Å². The largest absolute Gasteiger partial charge is 0.497 e. The number of unbranched alkanes of at least 4 members (excludes halogenated alkanes) is 1. The molecule has 3 aromatic rings. The average molecular weight is 517 g/mol. The minimum Gasteiger partial charge on any atom is -0.497 e. The summed E-state index contributed by atoms with van der Waals surface area (Å²) in [6, 6.07) is 22.7. The number of amides is 2. The molecule has 1 aliphatic heterocycles. The molecule has 37 heavy (non-hydrogen) atoms. The fourth-order valence-electron chi connectivity index (χ4n) is 3.97. The lowest BCUT2D eigenvalue weighted by molar-refractivity contribution is -0.122. The van der Waals surface area contributed by atoms with Crippen LogP contribution < -0.4 is 19.7 Å². The van der Waals surface area contributed by atoms with E-state index in [1.165, 1.54) is 11.8 Å². The molecule has 192 valence electrons. The first kappa shape index (κ1) is 26.4. The highest BCUT2D eigenvalue weighted by atomic mass is 32.2. The van der Waals surface area contributed by atoms with E-state index in [0.29, 0.717) is 11.5 Å². The summed E-state index contributed by atoms with van der Waals surface area (Å²) < 4.78 is 11.0. The SMILES string of the molecule is CCCCOc1ccc([C@@H](C)NC(=O)CN2C(=O)/C(=C/c3ccc(OC)cc3)Sc3ccccc32)cc1. The lowest BCUT2D eigenvalue weighted by Gasteiger charge is -2.30. The van der Waals surface area contributed by atoms with Crippen molar-refractivity contribution < 1.29 is 19.1 Å². The van der Waals surface area contributed by atoms with Gasteiger partial charge in [0, 0.05) is 4.90 Å². The van der Waals surface area contributed by atoms with Crippen LogP contribution in [0.5, 0.6) is 11.5 Å². The van der Waals surface area contributed by atoms with Gasteiger partial charge >= 0.3 is 0 Å². The molecule has 0 aliphatic carbocycles. The summed E-state index contributed by atoms with van der Waals surface area (Å²) in [6.07, 6.45) is 3.95. The zero-order valence-corrected chi connectivity index (χ0v) is 22.2. The van der Waals surface area contributed by atoms with E-state index in [-0.39, 0.29) is 24.4 Å². The third-order valence-electron chi connectivity index (χ3n) is 6.07. The fraction of sp³-hybridized carbons (Fsp3) is 0.267. The Balaban J connectivity index is 1.46. The van der Waals surface area contributed by atoms with Gasteiger partial charge in [-0.1, -0.05) is 61.5 Å². The number of carbonyl (C=O) groups is 2. The number of rotatable bonds is 10. The number of ether oxygens (including phenoxy) is 2. The summed E-state index contributed by atoms with van der Waals surface area (Å²) in [4.78, 5) is 29.6. The molecular weight excluding hydrogens is 484 g/mol. The van der Waals surface area contributed by atoms with Crippen LogP contribution >= 0.6 is 11.8 Å². The van der Waals surface area contributed by atoms with Crippen molar-refractivity contribution in [1.82, 2.24) is 5.32 Å². The summed E-state index contributed by atoms with van der Waals surface area (Å²) in [5.41, 5.74) is 2.59. The lowest BCUT2D eigenvalue weighted by Crippen LogP contribution is -2.43. The van der Waals surface area contributed by atoms with Crippen molar-refractivity contribution in [2.45, 2.75) is 37.6 Å². The molecule has 1 aliphatic rings. The molecule has 1 N–H and O–H groups in total. The zero-order chi connectivity index (χ0) is 26.2. The van der Waals surface area contributed by atoms with Gasteiger partial charge in [-0.15, -0.1) is 0 Å². The first-order valence-electron chi connectivity index (χ1n) is 12.4. The van der Waals surface area contributed by atoms with Gasteiger partial charge in [0.05, 0.1) is 30.4 Å². The second kappa shape index (κ2) is 12.5. The van der Waals surface area contributed by atoms with Gasteiger partial charge in [0.25, 0.3) is 5.91 Å². The molecule has 1 atom stereocenters. The molecule has 2 amide bonds. The number of carbonyl (C=O) groups excluding carboxylic acids is 2. The highest BCUT2D eigenvalue weighted by Gasteiger charge is 2.30. The Kier molecular flexibility index (Phi) is 8.90. The zero-order valence-electron chi connectivity index (χ0n) is 21.4. The van der Waals surface area contributed by atoms with Crippen molar-refractivity contribution in [2.75, 3.05) is 25.2 Å². The van der Waals surface area contributed by atoms with Crippen LogP contribution in [0.15, 0.2) is 82.6 Å². The van der Waals surface area contributed by atoms with Crippen molar-refractivity contribution in [3.63, 3.8) is 0 Å². The molecule has 0 saturated heterocycles. The van der Waals surface area contributed by atoms with E-state index in [9.17, 15) is 9.59 Å². The molecule has 0 aromatic heterocycles. The maximum absolute atomic E-state index is 13.5.